The zero-order chi connectivity index (χ0) is 22.7. The highest BCUT2D eigenvalue weighted by Gasteiger charge is 2.13. The van der Waals surface area contributed by atoms with Gasteiger partial charge in [-0.15, -0.1) is 0 Å². The largest absolute Gasteiger partial charge is 0.484 e. The first-order chi connectivity index (χ1) is 15.3. The van der Waals surface area contributed by atoms with Gasteiger partial charge in [-0.05, 0) is 59.0 Å². The van der Waals surface area contributed by atoms with E-state index in [0.29, 0.717) is 34.4 Å². The van der Waals surface area contributed by atoms with Crippen LogP contribution in [0.25, 0.3) is 11.1 Å². The van der Waals surface area contributed by atoms with Crippen LogP contribution in [0.1, 0.15) is 37.8 Å². The van der Waals surface area contributed by atoms with Crippen LogP contribution in [0.3, 0.4) is 0 Å². The maximum absolute atomic E-state index is 12.2. The molecule has 0 saturated heterocycles. The minimum Gasteiger partial charge on any atom is -0.484 e. The van der Waals surface area contributed by atoms with Gasteiger partial charge in [0.15, 0.2) is 18.1 Å². The van der Waals surface area contributed by atoms with Gasteiger partial charge in [-0.3, -0.25) is 4.79 Å². The number of rotatable bonds is 6. The summed E-state index contributed by atoms with van der Waals surface area (Å²) in [7, 11) is 0. The molecule has 0 aliphatic rings. The Hall–Kier alpha value is -3.31. The Bertz CT molecular complexity index is 1220. The van der Waals surface area contributed by atoms with Crippen molar-refractivity contribution in [3.63, 3.8) is 0 Å². The van der Waals surface area contributed by atoms with Crippen LogP contribution in [0.5, 0.6) is 5.75 Å². The molecular formula is C26H25ClN2O3. The quantitative estimate of drug-likeness (QED) is 0.371. The van der Waals surface area contributed by atoms with Crippen LogP contribution in [-0.2, 0) is 16.6 Å². The number of carbonyl (C=O) groups is 1. The minimum atomic E-state index is -0.214. The van der Waals surface area contributed by atoms with Gasteiger partial charge < -0.3 is 14.5 Å². The van der Waals surface area contributed by atoms with Crippen molar-refractivity contribution in [2.45, 2.75) is 32.6 Å². The lowest BCUT2D eigenvalue weighted by Crippen LogP contribution is -2.20. The number of halogens is 1. The molecule has 164 valence electrons. The Kier molecular flexibility index (Phi) is 6.19. The molecule has 0 atom stereocenters. The van der Waals surface area contributed by atoms with Gasteiger partial charge in [0, 0.05) is 17.1 Å². The van der Waals surface area contributed by atoms with Gasteiger partial charge in [-0.1, -0.05) is 56.6 Å². The molecule has 1 heterocycles. The van der Waals surface area contributed by atoms with Crippen molar-refractivity contribution >= 4 is 34.3 Å². The molecule has 0 aliphatic carbocycles. The average Bonchev–Trinajstić information content (AvgIpc) is 3.14. The first-order valence-electron chi connectivity index (χ1n) is 10.4. The molecule has 4 rings (SSSR count). The van der Waals surface area contributed by atoms with Crippen molar-refractivity contribution in [2.75, 3.05) is 11.9 Å². The topological polar surface area (TPSA) is 64.4 Å². The van der Waals surface area contributed by atoms with E-state index in [-0.39, 0.29) is 17.9 Å². The SMILES string of the molecule is CC(C)(C)c1ccc(OCC(=O)Nc2ccc(Cc3nc4cc(Cl)ccc4o3)cc2)cc1. The molecule has 0 radical (unpaired) electrons. The number of ether oxygens (including phenoxy) is 1. The van der Waals surface area contributed by atoms with Crippen LogP contribution in [-0.4, -0.2) is 17.5 Å². The molecule has 0 spiro atoms. The summed E-state index contributed by atoms with van der Waals surface area (Å²) >= 11 is 6.00. The highest BCUT2D eigenvalue weighted by atomic mass is 35.5. The molecule has 1 N–H and O–H groups in total. The van der Waals surface area contributed by atoms with Crippen molar-refractivity contribution < 1.29 is 13.9 Å². The third kappa shape index (κ3) is 5.48. The molecular weight excluding hydrogens is 424 g/mol. The Labute approximate surface area is 192 Å². The fourth-order valence-electron chi connectivity index (χ4n) is 3.30. The standard InChI is InChI=1S/C26H25ClN2O3/c1-26(2,3)18-6-11-21(12-7-18)31-16-24(30)28-20-9-4-17(5-10-20)14-25-29-22-15-19(27)8-13-23(22)32-25/h4-13,15H,14,16H2,1-3H3,(H,28,30). The van der Waals surface area contributed by atoms with Crippen LogP contribution in [0.15, 0.2) is 71.1 Å². The predicted molar refractivity (Wildman–Crippen MR) is 128 cm³/mol. The third-order valence-corrected chi connectivity index (χ3v) is 5.31. The number of hydrogen-bond donors (Lipinski definition) is 1. The van der Waals surface area contributed by atoms with E-state index in [9.17, 15) is 4.79 Å². The lowest BCUT2D eigenvalue weighted by Gasteiger charge is -2.19. The average molecular weight is 449 g/mol. The zero-order valence-corrected chi connectivity index (χ0v) is 19.1. The molecule has 0 unspecified atom stereocenters. The van der Waals surface area contributed by atoms with Gasteiger partial charge in [0.1, 0.15) is 11.3 Å². The van der Waals surface area contributed by atoms with Crippen LogP contribution >= 0.6 is 11.6 Å². The maximum atomic E-state index is 12.2. The molecule has 3 aromatic carbocycles. The second kappa shape index (κ2) is 9.05. The van der Waals surface area contributed by atoms with Crippen molar-refractivity contribution in [1.82, 2.24) is 4.98 Å². The van der Waals surface area contributed by atoms with Gasteiger partial charge in [0.2, 0.25) is 0 Å². The van der Waals surface area contributed by atoms with Crippen molar-refractivity contribution in [2.24, 2.45) is 0 Å². The molecule has 1 aromatic heterocycles. The van der Waals surface area contributed by atoms with E-state index in [2.05, 4.69) is 31.1 Å². The van der Waals surface area contributed by atoms with Gasteiger partial charge in [-0.25, -0.2) is 4.98 Å². The smallest absolute Gasteiger partial charge is 0.262 e. The van der Waals surface area contributed by atoms with Crippen LogP contribution in [0, 0.1) is 0 Å². The monoisotopic (exact) mass is 448 g/mol. The Morgan fingerprint density at radius 3 is 2.44 bits per heavy atom. The number of hydrogen-bond acceptors (Lipinski definition) is 4. The molecule has 6 heteroatoms. The molecule has 0 aliphatic heterocycles. The maximum Gasteiger partial charge on any atom is 0.262 e. The van der Waals surface area contributed by atoms with E-state index in [4.69, 9.17) is 20.8 Å². The van der Waals surface area contributed by atoms with Gasteiger partial charge in [0.25, 0.3) is 5.91 Å². The molecule has 4 aromatic rings. The second-order valence-electron chi connectivity index (χ2n) is 8.70. The van der Waals surface area contributed by atoms with Crippen LogP contribution in [0.4, 0.5) is 5.69 Å². The molecule has 32 heavy (non-hydrogen) atoms. The predicted octanol–water partition coefficient (Wildman–Crippen LogP) is 6.39. The summed E-state index contributed by atoms with van der Waals surface area (Å²) in [6.45, 7) is 6.42. The number of amides is 1. The van der Waals surface area contributed by atoms with E-state index in [1.807, 2.05) is 54.6 Å². The summed E-state index contributed by atoms with van der Waals surface area (Å²) in [5.41, 5.74) is 4.48. The molecule has 0 saturated carbocycles. The van der Waals surface area contributed by atoms with Crippen molar-refractivity contribution in [3.05, 3.63) is 88.8 Å². The fourth-order valence-corrected chi connectivity index (χ4v) is 3.47. The van der Waals surface area contributed by atoms with Crippen LogP contribution < -0.4 is 10.1 Å². The van der Waals surface area contributed by atoms with E-state index in [1.165, 1.54) is 5.56 Å². The van der Waals surface area contributed by atoms with E-state index < -0.39 is 0 Å². The minimum absolute atomic E-state index is 0.0535. The van der Waals surface area contributed by atoms with Gasteiger partial charge in [0.05, 0.1) is 0 Å². The van der Waals surface area contributed by atoms with Crippen LogP contribution in [0.2, 0.25) is 5.02 Å². The Morgan fingerprint density at radius 2 is 1.75 bits per heavy atom. The number of fused-ring (bicyclic) bond motifs is 1. The fraction of sp³-hybridized carbons (Fsp3) is 0.231. The first-order valence-corrected chi connectivity index (χ1v) is 10.8. The van der Waals surface area contributed by atoms with Crippen molar-refractivity contribution in [3.8, 4) is 5.75 Å². The molecule has 0 bridgehead atoms. The number of nitrogens with zero attached hydrogens (tertiary/aromatic N) is 1. The summed E-state index contributed by atoms with van der Waals surface area (Å²) in [5.74, 6) is 1.07. The summed E-state index contributed by atoms with van der Waals surface area (Å²) < 4.78 is 11.4. The van der Waals surface area contributed by atoms with E-state index >= 15 is 0 Å². The number of nitrogens with one attached hydrogen (secondary N) is 1. The van der Waals surface area contributed by atoms with Gasteiger partial charge in [-0.2, -0.15) is 0 Å². The van der Waals surface area contributed by atoms with E-state index in [0.717, 1.165) is 11.1 Å². The zero-order valence-electron chi connectivity index (χ0n) is 18.3. The summed E-state index contributed by atoms with van der Waals surface area (Å²) in [6, 6.07) is 20.8. The molecule has 0 fully saturated rings. The lowest BCUT2D eigenvalue weighted by atomic mass is 9.87. The van der Waals surface area contributed by atoms with E-state index in [1.54, 1.807) is 12.1 Å². The number of oxazole rings is 1. The number of aromatic nitrogens is 1. The van der Waals surface area contributed by atoms with Crippen molar-refractivity contribution in [1.29, 1.82) is 0 Å². The number of benzene rings is 3. The Morgan fingerprint density at radius 1 is 1.03 bits per heavy atom. The first kappa shape index (κ1) is 21.9. The normalized spacial score (nSPS) is 11.5. The summed E-state index contributed by atoms with van der Waals surface area (Å²) in [6.07, 6.45) is 0.550. The molecule has 5 nitrogen and oxygen atoms in total. The molecule has 1 amide bonds. The second-order valence-corrected chi connectivity index (χ2v) is 9.14. The highest BCUT2D eigenvalue weighted by molar-refractivity contribution is 6.31. The summed E-state index contributed by atoms with van der Waals surface area (Å²) in [4.78, 5) is 16.7. The summed E-state index contributed by atoms with van der Waals surface area (Å²) in [5, 5.41) is 3.48. The number of anilines is 1. The van der Waals surface area contributed by atoms with Gasteiger partial charge >= 0.3 is 0 Å². The number of carbonyl (C=O) groups excluding carboxylic acids is 1. The lowest BCUT2D eigenvalue weighted by molar-refractivity contribution is -0.118. The highest BCUT2D eigenvalue weighted by Crippen LogP contribution is 2.24. The Balaban J connectivity index is 1.30. The third-order valence-electron chi connectivity index (χ3n) is 5.08.